The zero-order valence-corrected chi connectivity index (χ0v) is 7.37. The van der Waals surface area contributed by atoms with Crippen molar-refractivity contribution in [3.05, 3.63) is 40.0 Å². The number of phenolic OH excluding ortho intramolecular Hbond substituents is 1. The molecule has 0 bridgehead atoms. The Balaban J connectivity index is 2.99. The number of aromatic hydroxyl groups is 1. The molecular weight excluding hydrogens is 187 g/mol. The van der Waals surface area contributed by atoms with Gasteiger partial charge in [-0.3, -0.25) is 0 Å². The lowest BCUT2D eigenvalue weighted by molar-refractivity contribution is 0.473. The second-order valence-electron chi connectivity index (χ2n) is 3.01. The van der Waals surface area contributed by atoms with Crippen LogP contribution in [0.2, 0.25) is 0 Å². The molecule has 1 aromatic heterocycles. The molecule has 72 valence electrons. The molecule has 4 heteroatoms. The lowest BCUT2D eigenvalue weighted by Crippen LogP contribution is -2.05. The van der Waals surface area contributed by atoms with E-state index in [2.05, 4.69) is 0 Å². The van der Waals surface area contributed by atoms with E-state index in [0.717, 1.165) is 0 Å². The van der Waals surface area contributed by atoms with Gasteiger partial charge in [0.1, 0.15) is 17.1 Å². The minimum absolute atomic E-state index is 0.0651. The van der Waals surface area contributed by atoms with Gasteiger partial charge in [-0.2, -0.15) is 0 Å². The minimum Gasteiger partial charge on any atom is -0.508 e. The Morgan fingerprint density at radius 2 is 2.14 bits per heavy atom. The van der Waals surface area contributed by atoms with Crippen LogP contribution in [0.1, 0.15) is 5.56 Å². The molecule has 0 aliphatic heterocycles. The molecular formula is C10H7FO3. The molecule has 1 heterocycles. The third-order valence-electron chi connectivity index (χ3n) is 2.04. The molecule has 0 saturated carbocycles. The van der Waals surface area contributed by atoms with Gasteiger partial charge in [-0.25, -0.2) is 9.18 Å². The van der Waals surface area contributed by atoms with Gasteiger partial charge in [0.15, 0.2) is 0 Å². The SMILES string of the molecule is Cc1c(F)c2cc(O)ccc2oc1=O. The Hall–Kier alpha value is -1.84. The van der Waals surface area contributed by atoms with Gasteiger partial charge in [-0.15, -0.1) is 0 Å². The summed E-state index contributed by atoms with van der Waals surface area (Å²) in [6, 6.07) is 3.91. The summed E-state index contributed by atoms with van der Waals surface area (Å²) in [6.45, 7) is 1.34. The van der Waals surface area contributed by atoms with Crippen LogP contribution < -0.4 is 5.63 Å². The van der Waals surface area contributed by atoms with E-state index in [0.29, 0.717) is 0 Å². The van der Waals surface area contributed by atoms with Crippen LogP contribution in [0, 0.1) is 12.7 Å². The summed E-state index contributed by atoms with van der Waals surface area (Å²) in [5.41, 5.74) is -0.639. The van der Waals surface area contributed by atoms with Crippen LogP contribution in [0.3, 0.4) is 0 Å². The Morgan fingerprint density at radius 3 is 2.86 bits per heavy atom. The first-order valence-electron chi connectivity index (χ1n) is 4.01. The molecule has 0 radical (unpaired) electrons. The molecule has 0 unspecified atom stereocenters. The van der Waals surface area contributed by atoms with E-state index in [1.807, 2.05) is 0 Å². The average molecular weight is 194 g/mol. The van der Waals surface area contributed by atoms with E-state index in [1.54, 1.807) is 0 Å². The third kappa shape index (κ3) is 1.16. The quantitative estimate of drug-likeness (QED) is 0.652. The molecule has 0 fully saturated rings. The van der Waals surface area contributed by atoms with Gasteiger partial charge in [0, 0.05) is 0 Å². The average Bonchev–Trinajstić information content (AvgIpc) is 2.16. The van der Waals surface area contributed by atoms with E-state index in [-0.39, 0.29) is 22.3 Å². The van der Waals surface area contributed by atoms with E-state index in [9.17, 15) is 9.18 Å². The van der Waals surface area contributed by atoms with Crippen molar-refractivity contribution in [2.45, 2.75) is 6.92 Å². The van der Waals surface area contributed by atoms with Gasteiger partial charge in [0.2, 0.25) is 0 Å². The molecule has 2 aromatic rings. The number of phenols is 1. The maximum Gasteiger partial charge on any atom is 0.342 e. The predicted molar refractivity (Wildman–Crippen MR) is 48.8 cm³/mol. The minimum atomic E-state index is -0.694. The molecule has 0 aliphatic carbocycles. The Bertz CT molecular complexity index is 557. The van der Waals surface area contributed by atoms with Crippen LogP contribution in [0.5, 0.6) is 5.75 Å². The van der Waals surface area contributed by atoms with E-state index in [1.165, 1.54) is 25.1 Å². The van der Waals surface area contributed by atoms with Crippen molar-refractivity contribution >= 4 is 11.0 Å². The van der Waals surface area contributed by atoms with Crippen molar-refractivity contribution in [1.82, 2.24) is 0 Å². The number of rotatable bonds is 0. The van der Waals surface area contributed by atoms with Crippen molar-refractivity contribution in [2.75, 3.05) is 0 Å². The molecule has 0 atom stereocenters. The number of benzene rings is 1. The highest BCUT2D eigenvalue weighted by molar-refractivity contribution is 5.79. The van der Waals surface area contributed by atoms with Crippen LogP contribution in [0.25, 0.3) is 11.0 Å². The zero-order chi connectivity index (χ0) is 10.3. The van der Waals surface area contributed by atoms with Crippen LogP contribution in [-0.2, 0) is 0 Å². The first kappa shape index (κ1) is 8.74. The van der Waals surface area contributed by atoms with Gasteiger partial charge < -0.3 is 9.52 Å². The van der Waals surface area contributed by atoms with Crippen molar-refractivity contribution in [1.29, 1.82) is 0 Å². The van der Waals surface area contributed by atoms with Gasteiger partial charge in [-0.1, -0.05) is 0 Å². The smallest absolute Gasteiger partial charge is 0.342 e. The second-order valence-corrected chi connectivity index (χ2v) is 3.01. The van der Waals surface area contributed by atoms with Crippen molar-refractivity contribution in [2.24, 2.45) is 0 Å². The highest BCUT2D eigenvalue weighted by Gasteiger charge is 2.10. The normalized spacial score (nSPS) is 10.7. The second kappa shape index (κ2) is 2.83. The molecule has 14 heavy (non-hydrogen) atoms. The molecule has 0 spiro atoms. The van der Waals surface area contributed by atoms with Crippen molar-refractivity contribution in [3.63, 3.8) is 0 Å². The van der Waals surface area contributed by atoms with E-state index >= 15 is 0 Å². The lowest BCUT2D eigenvalue weighted by atomic mass is 10.2. The van der Waals surface area contributed by atoms with Crippen molar-refractivity contribution < 1.29 is 13.9 Å². The summed E-state index contributed by atoms with van der Waals surface area (Å²) in [7, 11) is 0. The highest BCUT2D eigenvalue weighted by atomic mass is 19.1. The molecule has 1 aromatic carbocycles. The van der Waals surface area contributed by atoms with Crippen LogP contribution in [0.15, 0.2) is 27.4 Å². The molecule has 2 rings (SSSR count). The molecule has 1 N–H and O–H groups in total. The van der Waals surface area contributed by atoms with Gasteiger partial charge in [0.25, 0.3) is 0 Å². The van der Waals surface area contributed by atoms with E-state index < -0.39 is 11.4 Å². The summed E-state index contributed by atoms with van der Waals surface area (Å²) in [4.78, 5) is 11.1. The third-order valence-corrected chi connectivity index (χ3v) is 2.04. The Morgan fingerprint density at radius 1 is 1.43 bits per heavy atom. The van der Waals surface area contributed by atoms with Crippen LogP contribution >= 0.6 is 0 Å². The highest BCUT2D eigenvalue weighted by Crippen LogP contribution is 2.22. The van der Waals surface area contributed by atoms with Gasteiger partial charge >= 0.3 is 5.63 Å². The summed E-state index contributed by atoms with van der Waals surface area (Å²) >= 11 is 0. The van der Waals surface area contributed by atoms with E-state index in [4.69, 9.17) is 9.52 Å². The van der Waals surface area contributed by atoms with Crippen molar-refractivity contribution in [3.8, 4) is 5.75 Å². The Kier molecular flexibility index (Phi) is 1.77. The fraction of sp³-hybridized carbons (Fsp3) is 0.100. The number of hydrogen-bond donors (Lipinski definition) is 1. The summed E-state index contributed by atoms with van der Waals surface area (Å²) in [6.07, 6.45) is 0. The summed E-state index contributed by atoms with van der Waals surface area (Å²) in [5, 5.41) is 9.24. The Labute approximate surface area is 78.4 Å². The monoisotopic (exact) mass is 194 g/mol. The first-order chi connectivity index (χ1) is 6.59. The molecule has 0 saturated heterocycles. The van der Waals surface area contributed by atoms with Gasteiger partial charge in [0.05, 0.1) is 10.9 Å². The maximum atomic E-state index is 13.5. The van der Waals surface area contributed by atoms with Crippen LogP contribution in [0.4, 0.5) is 4.39 Å². The standard InChI is InChI=1S/C10H7FO3/c1-5-9(11)7-4-6(12)2-3-8(7)14-10(5)13/h2-4,12H,1H3. The topological polar surface area (TPSA) is 50.4 Å². The van der Waals surface area contributed by atoms with Gasteiger partial charge in [-0.05, 0) is 25.1 Å². The number of halogens is 1. The number of hydrogen-bond acceptors (Lipinski definition) is 3. The first-order valence-corrected chi connectivity index (χ1v) is 4.01. The maximum absolute atomic E-state index is 13.5. The summed E-state index contributed by atoms with van der Waals surface area (Å²) in [5.74, 6) is -0.711. The zero-order valence-electron chi connectivity index (χ0n) is 7.37. The molecule has 3 nitrogen and oxygen atoms in total. The molecule has 0 aliphatic rings. The van der Waals surface area contributed by atoms with Crippen LogP contribution in [-0.4, -0.2) is 5.11 Å². The predicted octanol–water partition coefficient (Wildman–Crippen LogP) is 1.95. The number of fused-ring (bicyclic) bond motifs is 1. The molecule has 0 amide bonds. The lowest BCUT2D eigenvalue weighted by Gasteiger charge is -2.00. The fourth-order valence-electron chi connectivity index (χ4n) is 1.25. The fourth-order valence-corrected chi connectivity index (χ4v) is 1.25. The largest absolute Gasteiger partial charge is 0.508 e. The summed E-state index contributed by atoms with van der Waals surface area (Å²) < 4.78 is 18.3.